The summed E-state index contributed by atoms with van der Waals surface area (Å²) in [5, 5.41) is 20.4. The molecule has 0 amide bonds. The van der Waals surface area contributed by atoms with Crippen LogP contribution in [-0.2, 0) is 32.2 Å². The number of aromatic amines is 1. The van der Waals surface area contributed by atoms with Gasteiger partial charge in [-0.3, -0.25) is 32.5 Å². The highest BCUT2D eigenvalue weighted by Gasteiger charge is 2.52. The minimum absolute atomic E-state index is 0.00631. The van der Waals surface area contributed by atoms with Crippen LogP contribution in [0.3, 0.4) is 0 Å². The van der Waals surface area contributed by atoms with Crippen LogP contribution in [-0.4, -0.2) is 109 Å². The first-order valence-corrected chi connectivity index (χ1v) is 15.6. The van der Waals surface area contributed by atoms with E-state index in [1.165, 1.54) is 0 Å². The van der Waals surface area contributed by atoms with Crippen LogP contribution in [0.1, 0.15) is 12.5 Å². The van der Waals surface area contributed by atoms with Crippen molar-refractivity contribution in [1.29, 1.82) is 0 Å². The van der Waals surface area contributed by atoms with Crippen molar-refractivity contribution in [2.45, 2.75) is 49.1 Å². The molecule has 25 heteroatoms. The zero-order valence-electron chi connectivity index (χ0n) is 22.4. The maximum atomic E-state index is 15.6. The number of nitrogens with zero attached hydrogens (tertiary/aromatic N) is 7. The van der Waals surface area contributed by atoms with Gasteiger partial charge in [0.15, 0.2) is 41.3 Å². The number of phosphoric ester groups is 1. The average molecular weight is 678 g/mol. The van der Waals surface area contributed by atoms with Gasteiger partial charge in [-0.1, -0.05) is 0 Å². The second kappa shape index (κ2) is 12.0. The number of ether oxygens (including phenoxy) is 2. The molecule has 3 unspecified atom stereocenters. The van der Waals surface area contributed by atoms with Crippen LogP contribution < -0.4 is 17.0 Å². The Balaban J connectivity index is 1.22. The number of H-pyrrole nitrogens is 1. The summed E-state index contributed by atoms with van der Waals surface area (Å²) >= 11 is 0. The molecule has 0 saturated carbocycles. The topological polar surface area (TPSA) is 320 Å². The molecule has 244 valence electrons. The Morgan fingerprint density at radius 1 is 1.07 bits per heavy atom. The number of anilines is 2. The quantitative estimate of drug-likeness (QED) is 0.0881. The number of nitrogens with two attached hydrogens (primary N) is 2. The molecule has 0 radical (unpaired) electrons. The van der Waals surface area contributed by atoms with Crippen LogP contribution in [0.4, 0.5) is 16.2 Å². The van der Waals surface area contributed by atoms with Gasteiger partial charge in [0.2, 0.25) is 5.95 Å². The molecule has 2 fully saturated rings. The Morgan fingerprint density at radius 2 is 1.76 bits per heavy atom. The first-order valence-electron chi connectivity index (χ1n) is 12.8. The Hall–Kier alpha value is -3.47. The van der Waals surface area contributed by atoms with Crippen LogP contribution in [0.25, 0.3) is 22.3 Å². The molecule has 10 atom stereocenters. The molecule has 0 aromatic carbocycles. The summed E-state index contributed by atoms with van der Waals surface area (Å²) in [4.78, 5) is 54.2. The van der Waals surface area contributed by atoms with Crippen LogP contribution >= 0.6 is 16.1 Å². The molecule has 0 bridgehead atoms. The molecule has 4 aromatic rings. The second-order valence-corrected chi connectivity index (χ2v) is 12.0. The van der Waals surface area contributed by atoms with Crippen molar-refractivity contribution in [2.75, 3.05) is 24.7 Å². The van der Waals surface area contributed by atoms with Gasteiger partial charge in [-0.15, -0.1) is 0 Å². The number of phosphoric acid groups is 1. The maximum Gasteiger partial charge on any atom is 0.472 e. The fraction of sp³-hybridized carbons (Fsp3) is 0.500. The Morgan fingerprint density at radius 3 is 2.47 bits per heavy atom. The molecule has 0 aliphatic carbocycles. The number of imidazole rings is 2. The fourth-order valence-electron chi connectivity index (χ4n) is 5.05. The molecule has 6 rings (SSSR count). The predicted molar refractivity (Wildman–Crippen MR) is 145 cm³/mol. The molecule has 2 aliphatic rings. The highest BCUT2D eigenvalue weighted by Crippen LogP contribution is 2.50. The fourth-order valence-corrected chi connectivity index (χ4v) is 6.50. The third-order valence-corrected chi connectivity index (χ3v) is 8.50. The molecule has 4 aromatic heterocycles. The van der Waals surface area contributed by atoms with E-state index in [1.54, 1.807) is 0 Å². The predicted octanol–water partition coefficient (Wildman–Crippen LogP) is -2.12. The van der Waals surface area contributed by atoms with Gasteiger partial charge in [-0.2, -0.15) is 4.98 Å². The van der Waals surface area contributed by atoms with E-state index in [9.17, 15) is 33.9 Å². The van der Waals surface area contributed by atoms with Gasteiger partial charge >= 0.3 is 16.1 Å². The summed E-state index contributed by atoms with van der Waals surface area (Å²) in [6.45, 7) is -1.67. The van der Waals surface area contributed by atoms with Gasteiger partial charge in [-0.05, 0) is 0 Å². The van der Waals surface area contributed by atoms with Crippen molar-refractivity contribution in [3.05, 3.63) is 29.3 Å². The SMILES string of the molecule is Nc1nc2c(ncn2[C@@H]2O[C@H](CO)[C@H](O)[C@@H]2OP(=O)(O)OC[C@H]2O[C@@H](n3cnc4c(N)ncnc43)C(F)[C@H]2O[PH](=O)O)c(=O)[nH]1. The van der Waals surface area contributed by atoms with Gasteiger partial charge in [0, 0.05) is 0 Å². The third-order valence-electron chi connectivity index (χ3n) is 7.04. The number of aromatic nitrogens is 8. The van der Waals surface area contributed by atoms with Gasteiger partial charge in [-0.25, -0.2) is 28.9 Å². The number of nitrogen functional groups attached to an aromatic ring is 2. The normalized spacial score (nSPS) is 30.7. The molecule has 9 N–H and O–H groups in total. The van der Waals surface area contributed by atoms with Crippen molar-refractivity contribution in [3.8, 4) is 0 Å². The zero-order valence-corrected chi connectivity index (χ0v) is 24.3. The number of fused-ring (bicyclic) bond motifs is 2. The monoisotopic (exact) mass is 678 g/mol. The first kappa shape index (κ1) is 31.5. The molecule has 2 saturated heterocycles. The number of rotatable bonds is 10. The van der Waals surface area contributed by atoms with Crippen LogP contribution in [0.5, 0.6) is 0 Å². The van der Waals surface area contributed by atoms with Gasteiger partial charge in [0.25, 0.3) is 5.56 Å². The lowest BCUT2D eigenvalue weighted by atomic mass is 10.1. The Labute approximate surface area is 249 Å². The van der Waals surface area contributed by atoms with Crippen LogP contribution in [0.2, 0.25) is 0 Å². The average Bonchev–Trinajstić information content (AvgIpc) is 3.73. The summed E-state index contributed by atoms with van der Waals surface area (Å²) < 4.78 is 68.8. The summed E-state index contributed by atoms with van der Waals surface area (Å²) in [6.07, 6.45) is -9.97. The van der Waals surface area contributed by atoms with E-state index in [4.69, 9.17) is 34.5 Å². The van der Waals surface area contributed by atoms with Gasteiger partial charge in [0.05, 0.1) is 25.9 Å². The zero-order chi connectivity index (χ0) is 32.2. The molecule has 0 spiro atoms. The molecule has 6 heterocycles. The smallest absolute Gasteiger partial charge is 0.394 e. The summed E-state index contributed by atoms with van der Waals surface area (Å²) in [5.41, 5.74) is 10.6. The summed E-state index contributed by atoms with van der Waals surface area (Å²) in [7, 11) is -8.95. The molecular weight excluding hydrogens is 653 g/mol. The van der Waals surface area contributed by atoms with Crippen LogP contribution in [0.15, 0.2) is 23.8 Å². The number of hydrogen-bond acceptors (Lipinski definition) is 17. The second-order valence-electron chi connectivity index (χ2n) is 9.79. The third kappa shape index (κ3) is 5.84. The van der Waals surface area contributed by atoms with Crippen LogP contribution in [0, 0.1) is 0 Å². The number of halogens is 1. The lowest BCUT2D eigenvalue weighted by Gasteiger charge is -2.25. The Bertz CT molecular complexity index is 1860. The van der Waals surface area contributed by atoms with E-state index in [0.717, 1.165) is 28.1 Å². The number of aliphatic hydroxyl groups excluding tert-OH is 2. The van der Waals surface area contributed by atoms with E-state index in [0.29, 0.717) is 0 Å². The van der Waals surface area contributed by atoms with Gasteiger partial charge < -0.3 is 45.5 Å². The van der Waals surface area contributed by atoms with E-state index in [1.807, 2.05) is 0 Å². The molecule has 45 heavy (non-hydrogen) atoms. The van der Waals surface area contributed by atoms with Crippen molar-refractivity contribution in [3.63, 3.8) is 0 Å². The highest BCUT2D eigenvalue weighted by molar-refractivity contribution is 7.47. The number of aliphatic hydroxyl groups is 2. The maximum absolute atomic E-state index is 15.6. The minimum Gasteiger partial charge on any atom is -0.394 e. The largest absolute Gasteiger partial charge is 0.472 e. The molecular formula is C20H25FN10O12P2. The highest BCUT2D eigenvalue weighted by atomic mass is 31.2. The standard InChI is InChI=1S/C20H25FN10O12P2/c21-8-12(42-44(35)36)7(41-18(8)30-4-26-9-14(22)24-3-25-15(9)30)2-39-45(37,38)43-13-11(33)6(1-32)40-19(13)31-5-27-10-16(31)28-20(23)29-17(10)34/h3-8,11-13,18-19,32-33,44H,1-2H2,(H,35,36)(H,37,38)(H2,22,24,25)(H3,23,28,29,34)/t6-,7-,8?,11+,12+,13+,18-,19-/m1/s1. The number of alkyl halides is 1. The van der Waals surface area contributed by atoms with E-state index in [2.05, 4.69) is 29.9 Å². The molecule has 22 nitrogen and oxygen atoms in total. The summed E-state index contributed by atoms with van der Waals surface area (Å²) in [6, 6.07) is 0. The van der Waals surface area contributed by atoms with Crippen molar-refractivity contribution in [2.24, 2.45) is 0 Å². The number of nitrogens with one attached hydrogen (secondary N) is 1. The van der Waals surface area contributed by atoms with E-state index >= 15 is 4.39 Å². The summed E-state index contributed by atoms with van der Waals surface area (Å²) in [5.74, 6) is -0.295. The van der Waals surface area contributed by atoms with Crippen molar-refractivity contribution < 1.29 is 56.6 Å². The van der Waals surface area contributed by atoms with Crippen molar-refractivity contribution in [1.82, 2.24) is 39.0 Å². The minimum atomic E-state index is -5.21. The Kier molecular flexibility index (Phi) is 8.43. The van der Waals surface area contributed by atoms with E-state index in [-0.39, 0.29) is 34.1 Å². The lowest BCUT2D eigenvalue weighted by Crippen LogP contribution is -2.36. The van der Waals surface area contributed by atoms with Crippen molar-refractivity contribution >= 4 is 50.2 Å². The number of hydrogen-bond donors (Lipinski definition) is 7. The molecule has 2 aliphatic heterocycles. The van der Waals surface area contributed by atoms with Gasteiger partial charge in [0.1, 0.15) is 42.4 Å². The lowest BCUT2D eigenvalue weighted by molar-refractivity contribution is -0.0589. The first-order chi connectivity index (χ1) is 21.4. The van der Waals surface area contributed by atoms with E-state index < -0.39 is 84.0 Å².